The molecule has 0 aliphatic carbocycles. The fourth-order valence-corrected chi connectivity index (χ4v) is 2.76. The van der Waals surface area contributed by atoms with Crippen molar-refractivity contribution in [2.75, 3.05) is 6.54 Å². The first-order valence-corrected chi connectivity index (χ1v) is 9.60. The van der Waals surface area contributed by atoms with Crippen LogP contribution < -0.4 is 0 Å². The van der Waals surface area contributed by atoms with Gasteiger partial charge in [-0.1, -0.05) is 42.5 Å². The third kappa shape index (κ3) is 7.86. The van der Waals surface area contributed by atoms with E-state index < -0.39 is 11.7 Å². The molecule has 0 radical (unpaired) electrons. The smallest absolute Gasteiger partial charge is 0.410 e. The predicted molar refractivity (Wildman–Crippen MR) is 110 cm³/mol. The number of nitrogens with zero attached hydrogens (tertiary/aromatic N) is 1. The fraction of sp³-hybridized carbons (Fsp3) is 0.391. The van der Waals surface area contributed by atoms with Gasteiger partial charge in [0.15, 0.2) is 0 Å². The van der Waals surface area contributed by atoms with Crippen LogP contribution in [0.2, 0.25) is 0 Å². The fourth-order valence-electron chi connectivity index (χ4n) is 2.76. The van der Waals surface area contributed by atoms with Crippen LogP contribution in [-0.2, 0) is 33.8 Å². The van der Waals surface area contributed by atoms with Crippen LogP contribution in [-0.4, -0.2) is 34.2 Å². The average molecular weight is 399 g/mol. The van der Waals surface area contributed by atoms with Gasteiger partial charge in [0.2, 0.25) is 0 Å². The molecule has 0 spiro atoms. The van der Waals surface area contributed by atoms with E-state index in [2.05, 4.69) is 0 Å². The molecule has 1 amide bonds. The summed E-state index contributed by atoms with van der Waals surface area (Å²) in [4.78, 5) is 25.4. The van der Waals surface area contributed by atoms with E-state index in [0.29, 0.717) is 19.5 Å². The number of aromatic hydroxyl groups is 1. The topological polar surface area (TPSA) is 76.1 Å². The van der Waals surface area contributed by atoms with Crippen LogP contribution in [0, 0.1) is 0 Å². The van der Waals surface area contributed by atoms with E-state index in [1.165, 1.54) is 6.92 Å². The highest BCUT2D eigenvalue weighted by atomic mass is 16.6. The second-order valence-electron chi connectivity index (χ2n) is 7.88. The van der Waals surface area contributed by atoms with Gasteiger partial charge in [0.1, 0.15) is 18.0 Å². The lowest BCUT2D eigenvalue weighted by molar-refractivity contribution is -0.142. The maximum atomic E-state index is 12.7. The van der Waals surface area contributed by atoms with Crippen LogP contribution in [0.25, 0.3) is 0 Å². The molecule has 6 nitrogen and oxygen atoms in total. The summed E-state index contributed by atoms with van der Waals surface area (Å²) in [7, 11) is 0. The van der Waals surface area contributed by atoms with Crippen molar-refractivity contribution in [3.8, 4) is 5.75 Å². The Balaban J connectivity index is 2.14. The van der Waals surface area contributed by atoms with Crippen LogP contribution in [0.5, 0.6) is 5.75 Å². The van der Waals surface area contributed by atoms with Gasteiger partial charge in [-0.25, -0.2) is 4.79 Å². The van der Waals surface area contributed by atoms with Gasteiger partial charge in [-0.05, 0) is 49.9 Å². The van der Waals surface area contributed by atoms with Crippen LogP contribution in [0.3, 0.4) is 0 Å². The lowest BCUT2D eigenvalue weighted by atomic mass is 10.1. The number of rotatable bonds is 7. The number of hydrogen-bond acceptors (Lipinski definition) is 5. The Morgan fingerprint density at radius 3 is 2.38 bits per heavy atom. The number of ether oxygens (including phenoxy) is 2. The summed E-state index contributed by atoms with van der Waals surface area (Å²) in [6.45, 7) is 7.77. The predicted octanol–water partition coefficient (Wildman–Crippen LogP) is 4.44. The van der Waals surface area contributed by atoms with Crippen molar-refractivity contribution in [3.63, 3.8) is 0 Å². The number of esters is 1. The van der Waals surface area contributed by atoms with Gasteiger partial charge < -0.3 is 19.5 Å². The van der Waals surface area contributed by atoms with Gasteiger partial charge in [0.05, 0.1) is 0 Å². The maximum Gasteiger partial charge on any atom is 0.410 e. The first kappa shape index (κ1) is 22.3. The monoisotopic (exact) mass is 399 g/mol. The zero-order valence-electron chi connectivity index (χ0n) is 17.5. The summed E-state index contributed by atoms with van der Waals surface area (Å²) in [5, 5.41) is 10.0. The van der Waals surface area contributed by atoms with E-state index in [9.17, 15) is 14.7 Å². The third-order valence-corrected chi connectivity index (χ3v) is 4.10. The van der Waals surface area contributed by atoms with E-state index in [1.54, 1.807) is 17.0 Å². The largest absolute Gasteiger partial charge is 0.508 e. The molecule has 0 heterocycles. The minimum Gasteiger partial charge on any atom is -0.508 e. The minimum absolute atomic E-state index is 0.188. The van der Waals surface area contributed by atoms with E-state index in [1.807, 2.05) is 57.2 Å². The number of amides is 1. The Bertz CT molecular complexity index is 841. The molecule has 2 aromatic carbocycles. The molecule has 0 saturated heterocycles. The first-order valence-electron chi connectivity index (χ1n) is 9.60. The van der Waals surface area contributed by atoms with Crippen molar-refractivity contribution >= 4 is 12.1 Å². The summed E-state index contributed by atoms with van der Waals surface area (Å²) in [6.07, 6.45) is 0.0808. The minimum atomic E-state index is -0.610. The van der Waals surface area contributed by atoms with Gasteiger partial charge in [0.25, 0.3) is 0 Å². The number of carbonyl (C=O) groups is 2. The first-order chi connectivity index (χ1) is 13.6. The summed E-state index contributed by atoms with van der Waals surface area (Å²) < 4.78 is 10.6. The van der Waals surface area contributed by atoms with Gasteiger partial charge in [-0.15, -0.1) is 0 Å². The summed E-state index contributed by atoms with van der Waals surface area (Å²) in [5.74, 6) is -0.131. The molecule has 0 bridgehead atoms. The van der Waals surface area contributed by atoms with Crippen molar-refractivity contribution in [1.29, 1.82) is 0 Å². The van der Waals surface area contributed by atoms with E-state index >= 15 is 0 Å². The van der Waals surface area contributed by atoms with Crippen molar-refractivity contribution in [1.82, 2.24) is 4.90 Å². The number of phenolic OH excluding ortho intramolecular Hbond substituents is 1. The lowest BCUT2D eigenvalue weighted by Gasteiger charge is -2.28. The van der Waals surface area contributed by atoms with Crippen molar-refractivity contribution < 1.29 is 24.2 Å². The Labute approximate surface area is 172 Å². The van der Waals surface area contributed by atoms with Crippen LogP contribution in [0.1, 0.15) is 44.4 Å². The molecule has 0 atom stereocenters. The molecule has 0 aromatic heterocycles. The van der Waals surface area contributed by atoms with Gasteiger partial charge in [0, 0.05) is 20.0 Å². The molecule has 0 fully saturated rings. The number of carbonyl (C=O) groups excluding carboxylic acids is 2. The Morgan fingerprint density at radius 2 is 1.72 bits per heavy atom. The van der Waals surface area contributed by atoms with Crippen molar-refractivity contribution in [2.24, 2.45) is 0 Å². The van der Waals surface area contributed by atoms with Crippen LogP contribution in [0.15, 0.2) is 48.5 Å². The zero-order chi connectivity index (χ0) is 21.4. The van der Waals surface area contributed by atoms with Crippen LogP contribution >= 0.6 is 0 Å². The number of hydrogen-bond donors (Lipinski definition) is 1. The maximum absolute atomic E-state index is 12.7. The summed E-state index contributed by atoms with van der Waals surface area (Å²) >= 11 is 0. The molecule has 6 heteroatoms. The highest BCUT2D eigenvalue weighted by molar-refractivity contribution is 5.68. The molecule has 0 aliphatic rings. The summed E-state index contributed by atoms with van der Waals surface area (Å²) in [6, 6.07) is 14.6. The van der Waals surface area contributed by atoms with Gasteiger partial charge in [-0.3, -0.25) is 4.79 Å². The molecule has 0 aliphatic heterocycles. The quantitative estimate of drug-likeness (QED) is 0.697. The average Bonchev–Trinajstić information content (AvgIpc) is 2.63. The molecule has 0 unspecified atom stereocenters. The van der Waals surface area contributed by atoms with E-state index in [-0.39, 0.29) is 18.3 Å². The Hall–Kier alpha value is -3.02. The summed E-state index contributed by atoms with van der Waals surface area (Å²) in [5.41, 5.74) is 1.91. The second kappa shape index (κ2) is 9.96. The normalized spacial score (nSPS) is 11.0. The third-order valence-electron chi connectivity index (χ3n) is 4.10. The standard InChI is InChI=1S/C23H29NO5/c1-17(25)28-16-19-9-7-8-18(14-19)15-24(22(27)29-23(2,3)4)13-12-20-10-5-6-11-21(20)26/h5-11,14,26H,12-13,15-16H2,1-4H3. The zero-order valence-corrected chi connectivity index (χ0v) is 17.5. The highest BCUT2D eigenvalue weighted by Gasteiger charge is 2.22. The molecule has 2 rings (SSSR count). The van der Waals surface area contributed by atoms with E-state index in [4.69, 9.17) is 9.47 Å². The lowest BCUT2D eigenvalue weighted by Crippen LogP contribution is -2.37. The number of para-hydroxylation sites is 1. The number of phenols is 1. The van der Waals surface area contributed by atoms with E-state index in [0.717, 1.165) is 16.7 Å². The highest BCUT2D eigenvalue weighted by Crippen LogP contribution is 2.19. The molecule has 29 heavy (non-hydrogen) atoms. The number of benzene rings is 2. The Morgan fingerprint density at radius 1 is 1.03 bits per heavy atom. The van der Waals surface area contributed by atoms with Crippen molar-refractivity contribution in [2.45, 2.75) is 52.9 Å². The SMILES string of the molecule is CC(=O)OCc1cccc(CN(CCc2ccccc2O)C(=O)OC(C)(C)C)c1. The molecule has 0 saturated carbocycles. The molecular formula is C23H29NO5. The van der Waals surface area contributed by atoms with Gasteiger partial charge in [-0.2, -0.15) is 0 Å². The molecule has 1 N–H and O–H groups in total. The van der Waals surface area contributed by atoms with Crippen molar-refractivity contribution in [3.05, 3.63) is 65.2 Å². The molecular weight excluding hydrogens is 370 g/mol. The Kier molecular flexibility index (Phi) is 7.65. The molecule has 156 valence electrons. The molecule has 2 aromatic rings. The second-order valence-corrected chi connectivity index (χ2v) is 7.88. The van der Waals surface area contributed by atoms with Gasteiger partial charge >= 0.3 is 12.1 Å². The van der Waals surface area contributed by atoms with Crippen LogP contribution in [0.4, 0.5) is 4.79 Å².